The molecule has 3 rings (SSSR count). The molecular formula is C21H25N5OS. The van der Waals surface area contributed by atoms with Crippen molar-refractivity contribution in [2.24, 2.45) is 0 Å². The van der Waals surface area contributed by atoms with Gasteiger partial charge in [-0.1, -0.05) is 54.2 Å². The van der Waals surface area contributed by atoms with Crippen LogP contribution in [0.15, 0.2) is 53.7 Å². The maximum atomic E-state index is 13.2. The number of nitrogens with zero attached hydrogens (tertiary/aromatic N) is 5. The molecule has 0 saturated heterocycles. The van der Waals surface area contributed by atoms with Gasteiger partial charge in [0.15, 0.2) is 0 Å². The van der Waals surface area contributed by atoms with E-state index in [1.807, 2.05) is 62.9 Å². The van der Waals surface area contributed by atoms with E-state index in [4.69, 9.17) is 0 Å². The number of aromatic nitrogens is 4. The van der Waals surface area contributed by atoms with Gasteiger partial charge in [0.1, 0.15) is 5.25 Å². The molecule has 0 unspecified atom stereocenters. The van der Waals surface area contributed by atoms with Gasteiger partial charge in [0.2, 0.25) is 11.1 Å². The lowest BCUT2D eigenvalue weighted by Crippen LogP contribution is -2.34. The molecule has 1 amide bonds. The number of tetrazole rings is 1. The van der Waals surface area contributed by atoms with Crippen LogP contribution in [0.4, 0.5) is 0 Å². The van der Waals surface area contributed by atoms with Crippen LogP contribution in [0.5, 0.6) is 0 Å². The van der Waals surface area contributed by atoms with Gasteiger partial charge in [-0.15, -0.1) is 5.10 Å². The lowest BCUT2D eigenvalue weighted by atomic mass is 10.1. The number of hydrogen-bond donors (Lipinski definition) is 0. The van der Waals surface area contributed by atoms with Crippen LogP contribution in [0.1, 0.15) is 35.8 Å². The molecule has 0 bridgehead atoms. The highest BCUT2D eigenvalue weighted by atomic mass is 32.2. The molecule has 146 valence electrons. The summed E-state index contributed by atoms with van der Waals surface area (Å²) in [5.74, 6) is 0.0664. The molecule has 3 aromatic rings. The quantitative estimate of drug-likeness (QED) is 0.566. The number of carbonyl (C=O) groups is 1. The zero-order valence-electron chi connectivity index (χ0n) is 16.7. The van der Waals surface area contributed by atoms with E-state index in [0.717, 1.165) is 22.4 Å². The number of carbonyl (C=O) groups excluding carboxylic acids is 1. The minimum Gasteiger partial charge on any atom is -0.342 e. The molecule has 0 radical (unpaired) electrons. The number of thioether (sulfide) groups is 1. The summed E-state index contributed by atoms with van der Waals surface area (Å²) in [5, 5.41) is 12.5. The zero-order valence-corrected chi connectivity index (χ0v) is 17.5. The van der Waals surface area contributed by atoms with Crippen molar-refractivity contribution in [1.82, 2.24) is 25.1 Å². The number of likely N-dealkylation sites (N-methyl/N-ethyl adjacent to an activating group) is 1. The number of aryl methyl sites for hydroxylation is 2. The summed E-state index contributed by atoms with van der Waals surface area (Å²) >= 11 is 1.39. The number of amides is 1. The summed E-state index contributed by atoms with van der Waals surface area (Å²) in [7, 11) is 0. The first-order chi connectivity index (χ1) is 13.5. The highest BCUT2D eigenvalue weighted by molar-refractivity contribution is 8.00. The molecule has 0 N–H and O–H groups in total. The highest BCUT2D eigenvalue weighted by Gasteiger charge is 2.28. The van der Waals surface area contributed by atoms with Crippen molar-refractivity contribution in [2.75, 3.05) is 13.1 Å². The summed E-state index contributed by atoms with van der Waals surface area (Å²) in [6.45, 7) is 9.39. The van der Waals surface area contributed by atoms with Crippen molar-refractivity contribution in [2.45, 2.75) is 38.1 Å². The molecule has 1 heterocycles. The van der Waals surface area contributed by atoms with Gasteiger partial charge in [-0.05, 0) is 60.9 Å². The molecule has 0 fully saturated rings. The summed E-state index contributed by atoms with van der Waals surface area (Å²) < 4.78 is 1.72. The summed E-state index contributed by atoms with van der Waals surface area (Å²) in [5.41, 5.74) is 4.08. The second-order valence-corrected chi connectivity index (χ2v) is 7.65. The molecule has 2 aromatic carbocycles. The summed E-state index contributed by atoms with van der Waals surface area (Å²) in [6.07, 6.45) is 0. The Bertz CT molecular complexity index is 937. The van der Waals surface area contributed by atoms with Gasteiger partial charge in [-0.3, -0.25) is 4.79 Å². The third kappa shape index (κ3) is 4.25. The molecule has 1 atom stereocenters. The number of rotatable bonds is 7. The van der Waals surface area contributed by atoms with Gasteiger partial charge in [0, 0.05) is 13.1 Å². The van der Waals surface area contributed by atoms with E-state index in [9.17, 15) is 4.79 Å². The minimum absolute atomic E-state index is 0.0664. The van der Waals surface area contributed by atoms with E-state index in [1.54, 1.807) is 4.68 Å². The highest BCUT2D eigenvalue weighted by Crippen LogP contribution is 2.36. The Kier molecular flexibility index (Phi) is 6.46. The third-order valence-electron chi connectivity index (χ3n) is 4.66. The van der Waals surface area contributed by atoms with E-state index in [1.165, 1.54) is 11.8 Å². The zero-order chi connectivity index (χ0) is 20.1. The van der Waals surface area contributed by atoms with Gasteiger partial charge in [0.05, 0.1) is 5.69 Å². The molecule has 0 saturated carbocycles. The van der Waals surface area contributed by atoms with Crippen LogP contribution in [-0.4, -0.2) is 44.1 Å². The molecule has 0 aliphatic rings. The van der Waals surface area contributed by atoms with E-state index in [-0.39, 0.29) is 5.91 Å². The Morgan fingerprint density at radius 3 is 2.50 bits per heavy atom. The minimum atomic E-state index is -0.407. The van der Waals surface area contributed by atoms with Crippen LogP contribution in [0, 0.1) is 13.8 Å². The van der Waals surface area contributed by atoms with Crippen molar-refractivity contribution >= 4 is 17.7 Å². The summed E-state index contributed by atoms with van der Waals surface area (Å²) in [4.78, 5) is 15.1. The van der Waals surface area contributed by atoms with Crippen molar-refractivity contribution in [3.8, 4) is 5.69 Å². The Morgan fingerprint density at radius 1 is 1.11 bits per heavy atom. The molecule has 7 heteroatoms. The topological polar surface area (TPSA) is 63.9 Å². The van der Waals surface area contributed by atoms with Gasteiger partial charge >= 0.3 is 0 Å². The molecule has 6 nitrogen and oxygen atoms in total. The number of hydrogen-bond acceptors (Lipinski definition) is 5. The molecular weight excluding hydrogens is 370 g/mol. The Morgan fingerprint density at radius 2 is 1.82 bits per heavy atom. The fourth-order valence-corrected chi connectivity index (χ4v) is 4.12. The van der Waals surface area contributed by atoms with Crippen LogP contribution in [0.2, 0.25) is 0 Å². The fourth-order valence-electron chi connectivity index (χ4n) is 3.05. The molecule has 0 aliphatic heterocycles. The normalized spacial score (nSPS) is 12.0. The first-order valence-corrected chi connectivity index (χ1v) is 10.3. The fraction of sp³-hybridized carbons (Fsp3) is 0.333. The second kappa shape index (κ2) is 9.01. The molecule has 1 aromatic heterocycles. The van der Waals surface area contributed by atoms with Gasteiger partial charge in [0.25, 0.3) is 0 Å². The largest absolute Gasteiger partial charge is 0.342 e. The lowest BCUT2D eigenvalue weighted by molar-refractivity contribution is -0.130. The van der Waals surface area contributed by atoms with Crippen LogP contribution < -0.4 is 0 Å². The van der Waals surface area contributed by atoms with Crippen molar-refractivity contribution in [3.05, 3.63) is 65.2 Å². The van der Waals surface area contributed by atoms with Gasteiger partial charge in [-0.2, -0.15) is 4.68 Å². The average molecular weight is 396 g/mol. The Balaban J connectivity index is 2.00. The average Bonchev–Trinajstić information content (AvgIpc) is 3.17. The van der Waals surface area contributed by atoms with Crippen LogP contribution in [0.25, 0.3) is 5.69 Å². The smallest absolute Gasteiger partial charge is 0.240 e. The Hall–Kier alpha value is -2.67. The standard InChI is InChI=1S/C21H25N5OS/c1-5-25(6-2)20(27)19(17-10-8-7-9-11-17)28-21-22-23-24-26(21)18-14-15(3)12-13-16(18)4/h7-14,19H,5-6H2,1-4H3/t19-/m0/s1. The van der Waals surface area contributed by atoms with E-state index < -0.39 is 5.25 Å². The van der Waals surface area contributed by atoms with Gasteiger partial charge in [-0.25, -0.2) is 0 Å². The second-order valence-electron chi connectivity index (χ2n) is 6.58. The predicted octanol–water partition coefficient (Wildman–Crippen LogP) is 3.98. The monoisotopic (exact) mass is 395 g/mol. The predicted molar refractivity (Wildman–Crippen MR) is 112 cm³/mol. The van der Waals surface area contributed by atoms with E-state index in [2.05, 4.69) is 33.7 Å². The van der Waals surface area contributed by atoms with Crippen LogP contribution >= 0.6 is 11.8 Å². The maximum absolute atomic E-state index is 13.2. The Labute approximate surface area is 169 Å². The maximum Gasteiger partial charge on any atom is 0.240 e. The van der Waals surface area contributed by atoms with E-state index in [0.29, 0.717) is 18.2 Å². The van der Waals surface area contributed by atoms with Crippen molar-refractivity contribution in [3.63, 3.8) is 0 Å². The summed E-state index contributed by atoms with van der Waals surface area (Å²) in [6, 6.07) is 16.0. The van der Waals surface area contributed by atoms with E-state index >= 15 is 0 Å². The molecule has 0 aliphatic carbocycles. The lowest BCUT2D eigenvalue weighted by Gasteiger charge is -2.24. The molecule has 0 spiro atoms. The van der Waals surface area contributed by atoms with Crippen LogP contribution in [-0.2, 0) is 4.79 Å². The first kappa shape index (κ1) is 20.1. The molecule has 28 heavy (non-hydrogen) atoms. The van der Waals surface area contributed by atoms with Crippen LogP contribution in [0.3, 0.4) is 0 Å². The van der Waals surface area contributed by atoms with Gasteiger partial charge < -0.3 is 4.90 Å². The number of benzene rings is 2. The van der Waals surface area contributed by atoms with Crippen molar-refractivity contribution in [1.29, 1.82) is 0 Å². The SMILES string of the molecule is CCN(CC)C(=O)[C@@H](Sc1nnnn1-c1cc(C)ccc1C)c1ccccc1. The third-order valence-corrected chi connectivity index (χ3v) is 5.83. The van der Waals surface area contributed by atoms with Crippen molar-refractivity contribution < 1.29 is 4.79 Å². The first-order valence-electron chi connectivity index (χ1n) is 9.41.